The van der Waals surface area contributed by atoms with Crippen molar-refractivity contribution in [2.24, 2.45) is 17.8 Å². The standard InChI is InChI=1S/C48H57N3O12/c1-11-51(12-2)17-19-58-30-22-31(53)38-33(23-30)61-45-39(49-38)35-36-41(54)40(45)50-47(56)26(5)15-13-14-24(3)20-25(4)21-34-42(60-29(8)52)27(6)32(57-10)16-18-59-48(9)46(55)37(35)44(63-48)28(7)43(36)62-34/h13-16,18,22-25,27,32,34,42,55H,11-12,17,19-21H2,1-10H3,(H,50,56)/b14-13+,18-16+,26-15-/t24?,25-,27-,32+,34?,42?,48+/m1/s1. The van der Waals surface area contributed by atoms with Crippen LogP contribution in [0.15, 0.2) is 62.3 Å². The predicted molar refractivity (Wildman–Crippen MR) is 239 cm³/mol. The van der Waals surface area contributed by atoms with Crippen molar-refractivity contribution >= 4 is 56.3 Å². The van der Waals surface area contributed by atoms with Crippen molar-refractivity contribution in [2.75, 3.05) is 38.7 Å². The number of aliphatic hydroxyl groups excluding tert-OH is 1. The molecule has 0 aliphatic carbocycles. The van der Waals surface area contributed by atoms with Gasteiger partial charge in [-0.3, -0.25) is 19.2 Å². The highest BCUT2D eigenvalue weighted by Crippen LogP contribution is 2.44. The van der Waals surface area contributed by atoms with E-state index >= 15 is 4.79 Å². The summed E-state index contributed by atoms with van der Waals surface area (Å²) >= 11 is 0. The fourth-order valence-electron chi connectivity index (χ4n) is 8.90. The lowest BCUT2D eigenvalue weighted by Gasteiger charge is -2.36. The minimum Gasteiger partial charge on any atom is -0.505 e. The lowest BCUT2D eigenvalue weighted by Crippen LogP contribution is -2.45. The number of likely N-dealkylation sites (N-methyl/N-ethyl adjacent to an activating group) is 1. The molecule has 1 amide bonds. The smallest absolute Gasteiger partial charge is 0.307 e. The molecule has 0 spiro atoms. The molecule has 3 aromatic carbocycles. The van der Waals surface area contributed by atoms with Gasteiger partial charge < -0.3 is 48.2 Å². The van der Waals surface area contributed by atoms with E-state index in [0.717, 1.165) is 13.1 Å². The molecule has 0 fully saturated rings. The van der Waals surface area contributed by atoms with E-state index < -0.39 is 58.5 Å². The van der Waals surface area contributed by atoms with Gasteiger partial charge in [0.05, 0.1) is 23.0 Å². The van der Waals surface area contributed by atoms with Gasteiger partial charge in [-0.2, -0.15) is 0 Å². The van der Waals surface area contributed by atoms with Crippen molar-refractivity contribution in [1.82, 2.24) is 9.88 Å². The van der Waals surface area contributed by atoms with Gasteiger partial charge in [0, 0.05) is 62.1 Å². The number of carbonyl (C=O) groups excluding carboxylic acids is 2. The van der Waals surface area contributed by atoms with Gasteiger partial charge in [-0.1, -0.05) is 52.8 Å². The number of benzene rings is 3. The summed E-state index contributed by atoms with van der Waals surface area (Å²) in [6.07, 6.45) is 7.04. The maximum atomic E-state index is 15.5. The van der Waals surface area contributed by atoms with E-state index in [1.165, 1.54) is 39.4 Å². The molecule has 15 nitrogen and oxygen atoms in total. The topological polar surface area (TPSA) is 185 Å². The second-order valence-electron chi connectivity index (χ2n) is 17.0. The van der Waals surface area contributed by atoms with E-state index in [4.69, 9.17) is 37.8 Å². The van der Waals surface area contributed by atoms with Crippen molar-refractivity contribution in [3.8, 4) is 17.2 Å². The molecular weight excluding hydrogens is 811 g/mol. The molecule has 6 bridgehead atoms. The Kier molecular flexibility index (Phi) is 12.9. The molecule has 4 aromatic rings. The number of hydrogen-bond donors (Lipinski definition) is 2. The number of hydrogen-bond acceptors (Lipinski definition) is 14. The van der Waals surface area contributed by atoms with Gasteiger partial charge in [0.1, 0.15) is 47.3 Å². The van der Waals surface area contributed by atoms with Gasteiger partial charge in [0.15, 0.2) is 22.4 Å². The number of methoxy groups -OCH3 is 1. The Morgan fingerprint density at radius 3 is 2.48 bits per heavy atom. The summed E-state index contributed by atoms with van der Waals surface area (Å²) in [7, 11) is 1.52. The number of aliphatic hydroxyl groups is 1. The molecule has 336 valence electrons. The van der Waals surface area contributed by atoms with Gasteiger partial charge in [-0.05, 0) is 57.7 Å². The lowest BCUT2D eigenvalue weighted by atomic mass is 9.86. The first-order chi connectivity index (χ1) is 30.0. The number of esters is 1. The van der Waals surface area contributed by atoms with E-state index in [0.29, 0.717) is 37.1 Å². The Morgan fingerprint density at radius 2 is 1.78 bits per heavy atom. The van der Waals surface area contributed by atoms with Gasteiger partial charge in [0.25, 0.3) is 5.91 Å². The van der Waals surface area contributed by atoms with Crippen LogP contribution in [0.3, 0.4) is 0 Å². The highest BCUT2D eigenvalue weighted by Gasteiger charge is 2.45. The fraction of sp³-hybridized carbons (Fsp3) is 0.479. The van der Waals surface area contributed by atoms with E-state index in [1.54, 1.807) is 32.1 Å². The maximum absolute atomic E-state index is 15.5. The SMILES string of the molecule is CCN(CC)CCOc1cc(=O)c2nc3c(oc2c1)c1c(=O)c2c4c(C)c5c(c23)=C(O)[C@@](C)(O/C=C/[C@H](OC)[C@@H](C)C(OC(C)=O)C(C[C@H](C)CC(C)/C=C/C=C(/C)C(=O)N1)O4)O5. The van der Waals surface area contributed by atoms with E-state index in [-0.39, 0.29) is 73.0 Å². The normalized spacial score (nSPS) is 27.0. The molecule has 7 atom stereocenters. The molecule has 3 aliphatic heterocycles. The average Bonchev–Trinajstić information content (AvgIpc) is 3.50. The van der Waals surface area contributed by atoms with Crippen molar-refractivity contribution in [3.05, 3.63) is 79.5 Å². The number of allylic oxidation sites excluding steroid dienone is 3. The fourth-order valence-corrected chi connectivity index (χ4v) is 8.90. The number of amides is 1. The van der Waals surface area contributed by atoms with Crippen LogP contribution in [0.5, 0.6) is 17.2 Å². The number of anilines is 1. The summed E-state index contributed by atoms with van der Waals surface area (Å²) < 4.78 is 44.3. The van der Waals surface area contributed by atoms with Crippen molar-refractivity contribution in [2.45, 2.75) is 99.3 Å². The number of rotatable bonds is 8. The quantitative estimate of drug-likeness (QED) is 0.108. The summed E-state index contributed by atoms with van der Waals surface area (Å²) in [6.45, 7) is 18.8. The molecule has 2 N–H and O–H groups in total. The van der Waals surface area contributed by atoms with E-state index in [9.17, 15) is 19.5 Å². The molecule has 4 heterocycles. The number of fused-ring (bicyclic) bond motifs is 8. The van der Waals surface area contributed by atoms with Crippen LogP contribution in [0, 0.1) is 24.7 Å². The molecule has 0 saturated heterocycles. The van der Waals surface area contributed by atoms with Crippen molar-refractivity contribution < 1.29 is 47.5 Å². The second-order valence-corrected chi connectivity index (χ2v) is 17.0. The molecule has 7 rings (SSSR count). The molecule has 3 aliphatic rings. The number of ether oxygens (including phenoxy) is 6. The minimum absolute atomic E-state index is 0.00138. The summed E-state index contributed by atoms with van der Waals surface area (Å²) in [6, 6.07) is 2.84. The monoisotopic (exact) mass is 867 g/mol. The predicted octanol–water partition coefficient (Wildman–Crippen LogP) is 6.76. The molecule has 15 heteroatoms. The third-order valence-electron chi connectivity index (χ3n) is 12.4. The highest BCUT2D eigenvalue weighted by molar-refractivity contribution is 6.17. The minimum atomic E-state index is -1.84. The molecule has 63 heavy (non-hydrogen) atoms. The first-order valence-corrected chi connectivity index (χ1v) is 21.6. The van der Waals surface area contributed by atoms with Crippen LogP contribution in [-0.4, -0.2) is 84.3 Å². The zero-order valence-electron chi connectivity index (χ0n) is 37.6. The summed E-state index contributed by atoms with van der Waals surface area (Å²) in [5.74, 6) is -3.50. The maximum Gasteiger partial charge on any atom is 0.307 e. The molecule has 3 unspecified atom stereocenters. The number of nitrogens with one attached hydrogen (secondary N) is 1. The summed E-state index contributed by atoms with van der Waals surface area (Å²) in [4.78, 5) is 63.4. The Balaban J connectivity index is 1.62. The summed E-state index contributed by atoms with van der Waals surface area (Å²) in [5.41, 5.74) is -1.25. The zero-order chi connectivity index (χ0) is 45.5. The molecule has 0 radical (unpaired) electrons. The Labute approximate surface area is 365 Å². The van der Waals surface area contributed by atoms with Crippen LogP contribution < -0.4 is 35.6 Å². The molecule has 0 saturated carbocycles. The van der Waals surface area contributed by atoms with Crippen LogP contribution in [-0.2, 0) is 23.8 Å². The van der Waals surface area contributed by atoms with Crippen LogP contribution >= 0.6 is 0 Å². The number of nitrogens with zero attached hydrogens (tertiary/aromatic N) is 2. The zero-order valence-corrected chi connectivity index (χ0v) is 37.6. The van der Waals surface area contributed by atoms with Crippen molar-refractivity contribution in [1.29, 1.82) is 0 Å². The third-order valence-corrected chi connectivity index (χ3v) is 12.4. The van der Waals surface area contributed by atoms with E-state index in [1.807, 2.05) is 13.0 Å². The number of aromatic nitrogens is 1. The average molecular weight is 868 g/mol. The van der Waals surface area contributed by atoms with Gasteiger partial charge in [0.2, 0.25) is 10.9 Å². The second kappa shape index (κ2) is 18.0. The summed E-state index contributed by atoms with van der Waals surface area (Å²) in [5, 5.41) is 15.0. The first-order valence-electron chi connectivity index (χ1n) is 21.6. The molecular formula is C48H57N3O12. The van der Waals surface area contributed by atoms with Gasteiger partial charge in [-0.25, -0.2) is 4.98 Å². The Bertz CT molecular complexity index is 2740. The van der Waals surface area contributed by atoms with Crippen LogP contribution in [0.4, 0.5) is 5.69 Å². The lowest BCUT2D eigenvalue weighted by molar-refractivity contribution is -0.159. The largest absolute Gasteiger partial charge is 0.505 e. The highest BCUT2D eigenvalue weighted by atomic mass is 16.7. The Hall–Kier alpha value is -5.93. The van der Waals surface area contributed by atoms with Crippen LogP contribution in [0.25, 0.3) is 38.7 Å². The number of carbonyl (C=O) groups is 2. The van der Waals surface area contributed by atoms with Gasteiger partial charge >= 0.3 is 11.8 Å². The first kappa shape index (κ1) is 45.1. The van der Waals surface area contributed by atoms with Gasteiger partial charge in [-0.15, -0.1) is 0 Å². The van der Waals surface area contributed by atoms with Crippen molar-refractivity contribution in [3.63, 3.8) is 0 Å². The Morgan fingerprint density at radius 1 is 1.03 bits per heavy atom. The third kappa shape index (κ3) is 8.60. The van der Waals surface area contributed by atoms with E-state index in [2.05, 4.69) is 37.9 Å². The van der Waals surface area contributed by atoms with Crippen LogP contribution in [0.2, 0.25) is 0 Å². The molecule has 1 aromatic heterocycles. The van der Waals surface area contributed by atoms with Crippen LogP contribution in [0.1, 0.15) is 73.8 Å².